The molecule has 1 aromatic heterocycles. The summed E-state index contributed by atoms with van der Waals surface area (Å²) in [5.41, 5.74) is 1.34. The molecule has 170 valence electrons. The largest absolute Gasteiger partial charge is 0.586 e. The molecule has 3 N–H and O–H groups in total. The van der Waals surface area contributed by atoms with Crippen LogP contribution in [0.2, 0.25) is 0 Å². The van der Waals surface area contributed by atoms with E-state index in [0.717, 1.165) is 10.5 Å². The van der Waals surface area contributed by atoms with Crippen LogP contribution in [0.3, 0.4) is 0 Å². The molecule has 0 radical (unpaired) electrons. The third-order valence-corrected chi connectivity index (χ3v) is 5.56. The Morgan fingerprint density at radius 3 is 2.75 bits per heavy atom. The normalized spacial score (nSPS) is 21.7. The number of pyridine rings is 1. The van der Waals surface area contributed by atoms with Gasteiger partial charge in [0.25, 0.3) is 0 Å². The highest BCUT2D eigenvalue weighted by Crippen LogP contribution is 2.42. The molecule has 1 fully saturated rings. The summed E-state index contributed by atoms with van der Waals surface area (Å²) in [7, 11) is 1.73. The SMILES string of the molecule is CNc1cc(C[C@H]2C(=O)N(C(=O)NC(C)c3ccc4c(c3)OC(F)(F)O4)C2CO)ccn1. The van der Waals surface area contributed by atoms with Crippen molar-refractivity contribution in [2.75, 3.05) is 19.0 Å². The first-order chi connectivity index (χ1) is 15.2. The number of nitrogens with zero attached hydrogens (tertiary/aromatic N) is 2. The first-order valence-electron chi connectivity index (χ1n) is 9.99. The topological polar surface area (TPSA) is 113 Å². The third kappa shape index (κ3) is 4.03. The molecular weight excluding hydrogens is 426 g/mol. The predicted molar refractivity (Wildman–Crippen MR) is 108 cm³/mol. The van der Waals surface area contributed by atoms with Gasteiger partial charge in [-0.1, -0.05) is 6.07 Å². The molecule has 11 heteroatoms. The maximum atomic E-state index is 13.2. The number of aromatic nitrogens is 1. The number of β-lactam (4-membered cyclic amide) rings is 1. The van der Waals surface area contributed by atoms with Crippen molar-refractivity contribution >= 4 is 17.8 Å². The summed E-state index contributed by atoms with van der Waals surface area (Å²) in [6, 6.07) is 5.80. The van der Waals surface area contributed by atoms with Crippen LogP contribution in [0.4, 0.5) is 19.4 Å². The number of hydrogen-bond donors (Lipinski definition) is 3. The van der Waals surface area contributed by atoms with Gasteiger partial charge < -0.3 is 25.2 Å². The summed E-state index contributed by atoms with van der Waals surface area (Å²) in [4.78, 5) is 30.5. The molecule has 2 unspecified atom stereocenters. The fraction of sp³-hybridized carbons (Fsp3) is 0.381. The van der Waals surface area contributed by atoms with Crippen LogP contribution in [0.5, 0.6) is 11.5 Å². The number of hydrogen-bond acceptors (Lipinski definition) is 7. The van der Waals surface area contributed by atoms with Gasteiger partial charge in [0.05, 0.1) is 24.6 Å². The number of anilines is 1. The van der Waals surface area contributed by atoms with Crippen molar-refractivity contribution in [1.29, 1.82) is 0 Å². The molecule has 2 aromatic rings. The molecule has 0 saturated carbocycles. The number of halogens is 2. The lowest BCUT2D eigenvalue weighted by atomic mass is 9.83. The molecule has 3 atom stereocenters. The van der Waals surface area contributed by atoms with Crippen molar-refractivity contribution in [3.05, 3.63) is 47.7 Å². The molecule has 0 spiro atoms. The van der Waals surface area contributed by atoms with Crippen LogP contribution in [0.1, 0.15) is 24.1 Å². The number of ether oxygens (including phenoxy) is 2. The Balaban J connectivity index is 1.41. The average Bonchev–Trinajstić information content (AvgIpc) is 3.08. The van der Waals surface area contributed by atoms with Crippen LogP contribution in [0, 0.1) is 5.92 Å². The maximum Gasteiger partial charge on any atom is 0.586 e. The molecule has 3 amide bonds. The second kappa shape index (κ2) is 8.23. The number of amides is 3. The van der Waals surface area contributed by atoms with E-state index in [4.69, 9.17) is 0 Å². The standard InChI is InChI=1S/C21H22F2N4O5/c1-11(13-3-4-16-17(9-13)32-21(22,23)31-16)26-20(30)27-15(10-28)14(19(27)29)7-12-5-6-25-18(8-12)24-2/h3-6,8-9,11,14-15,28H,7,10H2,1-2H3,(H,24,25)(H,26,30)/t11?,14-,15?/m1/s1. The fourth-order valence-corrected chi connectivity index (χ4v) is 3.85. The quantitative estimate of drug-likeness (QED) is 0.581. The van der Waals surface area contributed by atoms with E-state index in [1.54, 1.807) is 32.3 Å². The van der Waals surface area contributed by atoms with E-state index in [1.165, 1.54) is 18.2 Å². The number of carbonyl (C=O) groups is 2. The molecule has 1 saturated heterocycles. The lowest BCUT2D eigenvalue weighted by molar-refractivity contribution is -0.286. The molecule has 2 aliphatic heterocycles. The van der Waals surface area contributed by atoms with Gasteiger partial charge in [0.2, 0.25) is 5.91 Å². The second-order valence-electron chi connectivity index (χ2n) is 7.61. The van der Waals surface area contributed by atoms with Gasteiger partial charge in [0, 0.05) is 13.2 Å². The predicted octanol–water partition coefficient (Wildman–Crippen LogP) is 2.28. The van der Waals surface area contributed by atoms with E-state index < -0.39 is 36.2 Å². The van der Waals surface area contributed by atoms with Crippen LogP contribution < -0.4 is 20.1 Å². The first-order valence-corrected chi connectivity index (χ1v) is 9.99. The average molecular weight is 448 g/mol. The number of alkyl halides is 2. The van der Waals surface area contributed by atoms with E-state index in [-0.39, 0.29) is 18.1 Å². The summed E-state index contributed by atoms with van der Waals surface area (Å²) < 4.78 is 35.2. The van der Waals surface area contributed by atoms with Gasteiger partial charge in [0.15, 0.2) is 11.5 Å². The van der Waals surface area contributed by atoms with E-state index in [2.05, 4.69) is 25.1 Å². The third-order valence-electron chi connectivity index (χ3n) is 5.56. The maximum absolute atomic E-state index is 13.2. The minimum atomic E-state index is -3.73. The summed E-state index contributed by atoms with van der Waals surface area (Å²) in [5.74, 6) is -0.529. The van der Waals surface area contributed by atoms with Gasteiger partial charge in [-0.15, -0.1) is 8.78 Å². The molecule has 1 aromatic carbocycles. The van der Waals surface area contributed by atoms with Crippen LogP contribution in [0.25, 0.3) is 0 Å². The van der Waals surface area contributed by atoms with Gasteiger partial charge in [0.1, 0.15) is 5.82 Å². The molecular formula is C21H22F2N4O5. The van der Waals surface area contributed by atoms with Crippen molar-refractivity contribution in [2.45, 2.75) is 31.7 Å². The number of imide groups is 1. The highest BCUT2D eigenvalue weighted by atomic mass is 19.3. The van der Waals surface area contributed by atoms with Gasteiger partial charge in [-0.2, -0.15) is 0 Å². The highest BCUT2D eigenvalue weighted by molar-refractivity contribution is 6.01. The zero-order valence-corrected chi connectivity index (χ0v) is 17.3. The van der Waals surface area contributed by atoms with Crippen molar-refractivity contribution in [2.24, 2.45) is 5.92 Å². The van der Waals surface area contributed by atoms with Gasteiger partial charge in [-0.05, 0) is 48.7 Å². The summed E-state index contributed by atoms with van der Waals surface area (Å²) in [5, 5.41) is 15.4. The Labute approximate surface area is 182 Å². The molecule has 0 bridgehead atoms. The molecule has 0 aliphatic carbocycles. The first kappa shape index (κ1) is 21.8. The Hall–Kier alpha value is -3.47. The van der Waals surface area contributed by atoms with E-state index in [1.807, 2.05) is 0 Å². The van der Waals surface area contributed by atoms with Gasteiger partial charge >= 0.3 is 12.3 Å². The van der Waals surface area contributed by atoms with E-state index >= 15 is 0 Å². The van der Waals surface area contributed by atoms with Crippen molar-refractivity contribution < 1.29 is 33.0 Å². The number of aliphatic hydroxyl groups excluding tert-OH is 1. The molecule has 32 heavy (non-hydrogen) atoms. The Bertz CT molecular complexity index is 1050. The zero-order valence-electron chi connectivity index (χ0n) is 17.3. The number of aliphatic hydroxyl groups is 1. The minimum absolute atomic E-state index is 0.101. The number of likely N-dealkylation sites (tertiary alicyclic amines) is 1. The number of fused-ring (bicyclic) bond motifs is 1. The molecule has 9 nitrogen and oxygen atoms in total. The molecule has 3 heterocycles. The van der Waals surface area contributed by atoms with Gasteiger partial charge in [-0.3, -0.25) is 9.69 Å². The monoisotopic (exact) mass is 448 g/mol. The Morgan fingerprint density at radius 2 is 2.03 bits per heavy atom. The van der Waals surface area contributed by atoms with Gasteiger partial charge in [-0.25, -0.2) is 9.78 Å². The number of benzene rings is 1. The molecule has 4 rings (SSSR count). The zero-order chi connectivity index (χ0) is 23.0. The summed E-state index contributed by atoms with van der Waals surface area (Å²) in [6.45, 7) is 1.26. The lowest BCUT2D eigenvalue weighted by Gasteiger charge is -2.45. The highest BCUT2D eigenvalue weighted by Gasteiger charge is 2.50. The number of carbonyl (C=O) groups excluding carboxylic acids is 2. The Morgan fingerprint density at radius 1 is 1.28 bits per heavy atom. The smallest absolute Gasteiger partial charge is 0.395 e. The Kier molecular flexibility index (Phi) is 5.59. The second-order valence-corrected chi connectivity index (χ2v) is 7.61. The van der Waals surface area contributed by atoms with E-state index in [0.29, 0.717) is 17.8 Å². The van der Waals surface area contributed by atoms with Crippen molar-refractivity contribution in [1.82, 2.24) is 15.2 Å². The van der Waals surface area contributed by atoms with Crippen LogP contribution in [-0.4, -0.2) is 52.9 Å². The lowest BCUT2D eigenvalue weighted by Crippen LogP contribution is -2.67. The van der Waals surface area contributed by atoms with Crippen LogP contribution in [-0.2, 0) is 11.2 Å². The van der Waals surface area contributed by atoms with Crippen LogP contribution in [0.15, 0.2) is 36.5 Å². The molecule has 2 aliphatic rings. The minimum Gasteiger partial charge on any atom is -0.395 e. The van der Waals surface area contributed by atoms with Crippen LogP contribution >= 0.6 is 0 Å². The number of urea groups is 1. The fourth-order valence-electron chi connectivity index (χ4n) is 3.85. The number of nitrogens with one attached hydrogen (secondary N) is 2. The number of rotatable bonds is 6. The summed E-state index contributed by atoms with van der Waals surface area (Å²) in [6.07, 6.45) is -1.76. The summed E-state index contributed by atoms with van der Waals surface area (Å²) >= 11 is 0. The van der Waals surface area contributed by atoms with Crippen molar-refractivity contribution in [3.63, 3.8) is 0 Å². The van der Waals surface area contributed by atoms with E-state index in [9.17, 15) is 23.5 Å². The van der Waals surface area contributed by atoms with Crippen molar-refractivity contribution in [3.8, 4) is 11.5 Å².